The maximum atomic E-state index is 12.6. The number of nitrogens with one attached hydrogen (secondary N) is 1. The molecule has 1 aliphatic carbocycles. The summed E-state index contributed by atoms with van der Waals surface area (Å²) >= 11 is 0. The summed E-state index contributed by atoms with van der Waals surface area (Å²) in [5, 5.41) is 5.44. The van der Waals surface area contributed by atoms with Crippen molar-refractivity contribution in [2.75, 3.05) is 5.32 Å². The fraction of sp³-hybridized carbons (Fsp3) is 0.389. The lowest BCUT2D eigenvalue weighted by Gasteiger charge is -2.32. The normalized spacial score (nSPS) is 17.9. The highest BCUT2D eigenvalue weighted by Crippen LogP contribution is 2.37. The van der Waals surface area contributed by atoms with E-state index in [0.717, 1.165) is 23.9 Å². The number of carbonyl (C=O) groups is 1. The van der Waals surface area contributed by atoms with E-state index in [4.69, 9.17) is 0 Å². The Morgan fingerprint density at radius 2 is 1.70 bits per heavy atom. The molecule has 2 nitrogen and oxygen atoms in total. The number of amides is 1. The topological polar surface area (TPSA) is 29.1 Å². The third kappa shape index (κ3) is 2.43. The average molecular weight is 267 g/mol. The van der Waals surface area contributed by atoms with Crippen LogP contribution in [0, 0.1) is 5.41 Å². The lowest BCUT2D eigenvalue weighted by Crippen LogP contribution is -2.35. The number of hydrogen-bond donors (Lipinski definition) is 1. The Bertz CT molecular complexity index is 621. The van der Waals surface area contributed by atoms with Gasteiger partial charge in [-0.25, -0.2) is 0 Å². The van der Waals surface area contributed by atoms with Crippen LogP contribution in [0.25, 0.3) is 10.8 Å². The van der Waals surface area contributed by atoms with Crippen LogP contribution in [0.3, 0.4) is 0 Å². The first-order chi connectivity index (χ1) is 9.69. The van der Waals surface area contributed by atoms with Crippen molar-refractivity contribution in [2.24, 2.45) is 5.41 Å². The molecule has 2 aromatic carbocycles. The smallest absolute Gasteiger partial charge is 0.230 e. The molecule has 104 valence electrons. The molecule has 0 unspecified atom stereocenters. The number of hydrogen-bond acceptors (Lipinski definition) is 1. The van der Waals surface area contributed by atoms with Crippen LogP contribution in [-0.2, 0) is 4.79 Å². The molecule has 0 atom stereocenters. The van der Waals surface area contributed by atoms with Crippen LogP contribution in [0.2, 0.25) is 0 Å². The van der Waals surface area contributed by atoms with Crippen LogP contribution in [0.15, 0.2) is 42.5 Å². The number of anilines is 1. The SMILES string of the molecule is CC1(C(=O)Nc2cccc3ccccc23)CCCCC1. The van der Waals surface area contributed by atoms with Gasteiger partial charge in [-0.3, -0.25) is 4.79 Å². The maximum Gasteiger partial charge on any atom is 0.230 e. The molecule has 0 bridgehead atoms. The van der Waals surface area contributed by atoms with Gasteiger partial charge < -0.3 is 5.32 Å². The van der Waals surface area contributed by atoms with Gasteiger partial charge in [0.05, 0.1) is 0 Å². The highest BCUT2D eigenvalue weighted by molar-refractivity contribution is 6.03. The van der Waals surface area contributed by atoms with Crippen LogP contribution >= 0.6 is 0 Å². The van der Waals surface area contributed by atoms with E-state index >= 15 is 0 Å². The largest absolute Gasteiger partial charge is 0.325 e. The Morgan fingerprint density at radius 1 is 1.00 bits per heavy atom. The van der Waals surface area contributed by atoms with E-state index in [9.17, 15) is 4.79 Å². The lowest BCUT2D eigenvalue weighted by molar-refractivity contribution is -0.126. The highest BCUT2D eigenvalue weighted by Gasteiger charge is 2.34. The molecule has 20 heavy (non-hydrogen) atoms. The van der Waals surface area contributed by atoms with Gasteiger partial charge in [-0.1, -0.05) is 62.6 Å². The van der Waals surface area contributed by atoms with E-state index in [0.29, 0.717) is 0 Å². The Kier molecular flexibility index (Phi) is 3.47. The summed E-state index contributed by atoms with van der Waals surface area (Å²) in [6.45, 7) is 2.10. The summed E-state index contributed by atoms with van der Waals surface area (Å²) in [5.74, 6) is 0.175. The van der Waals surface area contributed by atoms with Gasteiger partial charge in [0.25, 0.3) is 0 Å². The quantitative estimate of drug-likeness (QED) is 0.836. The Labute approximate surface area is 120 Å². The van der Waals surface area contributed by atoms with Crippen molar-refractivity contribution < 1.29 is 4.79 Å². The summed E-state index contributed by atoms with van der Waals surface area (Å²) in [6, 6.07) is 14.2. The van der Waals surface area contributed by atoms with Crippen molar-refractivity contribution in [2.45, 2.75) is 39.0 Å². The monoisotopic (exact) mass is 267 g/mol. The first kappa shape index (κ1) is 13.2. The number of carbonyl (C=O) groups excluding carboxylic acids is 1. The predicted octanol–water partition coefficient (Wildman–Crippen LogP) is 4.75. The average Bonchev–Trinajstić information content (AvgIpc) is 2.48. The van der Waals surface area contributed by atoms with Gasteiger partial charge in [0, 0.05) is 16.5 Å². The third-order valence-electron chi connectivity index (χ3n) is 4.54. The van der Waals surface area contributed by atoms with Gasteiger partial charge >= 0.3 is 0 Å². The van der Waals surface area contributed by atoms with Crippen LogP contribution < -0.4 is 5.32 Å². The van der Waals surface area contributed by atoms with E-state index in [1.807, 2.05) is 24.3 Å². The Balaban J connectivity index is 1.87. The first-order valence-electron chi connectivity index (χ1n) is 7.48. The maximum absolute atomic E-state index is 12.6. The van der Waals surface area contributed by atoms with Crippen LogP contribution in [0.1, 0.15) is 39.0 Å². The van der Waals surface area contributed by atoms with Gasteiger partial charge in [0.15, 0.2) is 0 Å². The molecule has 1 N–H and O–H groups in total. The van der Waals surface area contributed by atoms with Gasteiger partial charge in [0.2, 0.25) is 5.91 Å². The van der Waals surface area contributed by atoms with E-state index in [1.54, 1.807) is 0 Å². The highest BCUT2D eigenvalue weighted by atomic mass is 16.2. The van der Waals surface area contributed by atoms with Crippen LogP contribution in [-0.4, -0.2) is 5.91 Å². The predicted molar refractivity (Wildman–Crippen MR) is 83.8 cm³/mol. The molecular formula is C18H21NO. The molecule has 0 spiro atoms. The zero-order chi connectivity index (χ0) is 14.0. The summed E-state index contributed by atoms with van der Waals surface area (Å²) in [5.41, 5.74) is 0.731. The van der Waals surface area contributed by atoms with Crippen LogP contribution in [0.4, 0.5) is 5.69 Å². The molecular weight excluding hydrogens is 246 g/mol. The second-order valence-electron chi connectivity index (χ2n) is 6.10. The van der Waals surface area contributed by atoms with Gasteiger partial charge in [-0.05, 0) is 24.3 Å². The molecule has 0 aliphatic heterocycles. The van der Waals surface area contributed by atoms with E-state index in [2.05, 4.69) is 30.4 Å². The Morgan fingerprint density at radius 3 is 2.50 bits per heavy atom. The van der Waals surface area contributed by atoms with Crippen molar-refractivity contribution in [3.63, 3.8) is 0 Å². The number of fused-ring (bicyclic) bond motifs is 1. The van der Waals surface area contributed by atoms with E-state index < -0.39 is 0 Å². The molecule has 0 aromatic heterocycles. The number of benzene rings is 2. The lowest BCUT2D eigenvalue weighted by atomic mass is 9.75. The van der Waals surface area contributed by atoms with Crippen LogP contribution in [0.5, 0.6) is 0 Å². The van der Waals surface area contributed by atoms with E-state index in [-0.39, 0.29) is 11.3 Å². The fourth-order valence-corrected chi connectivity index (χ4v) is 3.17. The van der Waals surface area contributed by atoms with Crippen molar-refractivity contribution in [1.82, 2.24) is 0 Å². The fourth-order valence-electron chi connectivity index (χ4n) is 3.17. The second-order valence-corrected chi connectivity index (χ2v) is 6.10. The molecule has 0 heterocycles. The Hall–Kier alpha value is -1.83. The standard InChI is InChI=1S/C18H21NO/c1-18(12-5-2-6-13-18)17(20)19-16-11-7-9-14-8-3-4-10-15(14)16/h3-4,7-11H,2,5-6,12-13H2,1H3,(H,19,20). The second kappa shape index (κ2) is 5.28. The van der Waals surface area contributed by atoms with Gasteiger partial charge in [0.1, 0.15) is 0 Å². The minimum absolute atomic E-state index is 0.175. The molecule has 3 rings (SSSR count). The first-order valence-corrected chi connectivity index (χ1v) is 7.48. The summed E-state index contributed by atoms with van der Waals surface area (Å²) in [7, 11) is 0. The summed E-state index contributed by atoms with van der Waals surface area (Å²) in [6.07, 6.45) is 5.60. The molecule has 1 saturated carbocycles. The molecule has 0 saturated heterocycles. The van der Waals surface area contributed by atoms with E-state index in [1.165, 1.54) is 24.6 Å². The number of rotatable bonds is 2. The van der Waals surface area contributed by atoms with Crippen molar-refractivity contribution in [3.05, 3.63) is 42.5 Å². The van der Waals surface area contributed by atoms with Crippen molar-refractivity contribution in [3.8, 4) is 0 Å². The minimum Gasteiger partial charge on any atom is -0.325 e. The zero-order valence-corrected chi connectivity index (χ0v) is 12.0. The molecule has 0 radical (unpaired) electrons. The molecule has 1 aliphatic rings. The zero-order valence-electron chi connectivity index (χ0n) is 12.0. The third-order valence-corrected chi connectivity index (χ3v) is 4.54. The van der Waals surface area contributed by atoms with Gasteiger partial charge in [-0.15, -0.1) is 0 Å². The minimum atomic E-state index is -0.199. The summed E-state index contributed by atoms with van der Waals surface area (Å²) in [4.78, 5) is 12.6. The molecule has 1 fully saturated rings. The molecule has 1 amide bonds. The van der Waals surface area contributed by atoms with Gasteiger partial charge in [-0.2, -0.15) is 0 Å². The van der Waals surface area contributed by atoms with Crippen molar-refractivity contribution >= 4 is 22.4 Å². The molecule has 2 heteroatoms. The van der Waals surface area contributed by atoms with Crippen molar-refractivity contribution in [1.29, 1.82) is 0 Å². The molecule has 2 aromatic rings. The summed E-state index contributed by atoms with van der Waals surface area (Å²) < 4.78 is 0.